The second kappa shape index (κ2) is 4.60. The van der Waals surface area contributed by atoms with Crippen molar-refractivity contribution in [2.24, 2.45) is 17.8 Å². The summed E-state index contributed by atoms with van der Waals surface area (Å²) < 4.78 is 0. The Labute approximate surface area is 104 Å². The first-order chi connectivity index (χ1) is 8.33. The Bertz CT molecular complexity index is 289. The van der Waals surface area contributed by atoms with Crippen molar-refractivity contribution < 1.29 is 4.79 Å². The van der Waals surface area contributed by atoms with Gasteiger partial charge in [0, 0.05) is 25.0 Å². The van der Waals surface area contributed by atoms with Crippen LogP contribution in [-0.4, -0.2) is 36.5 Å². The summed E-state index contributed by atoms with van der Waals surface area (Å²) in [7, 11) is 0. The minimum absolute atomic E-state index is 0.408. The summed E-state index contributed by atoms with van der Waals surface area (Å²) in [5, 5.41) is 3.42. The van der Waals surface area contributed by atoms with Gasteiger partial charge >= 0.3 is 0 Å². The Hall–Kier alpha value is -0.570. The van der Waals surface area contributed by atoms with Crippen LogP contribution in [0.5, 0.6) is 0 Å². The first kappa shape index (κ1) is 11.5. The molecule has 2 aliphatic carbocycles. The van der Waals surface area contributed by atoms with E-state index < -0.39 is 0 Å². The lowest BCUT2D eigenvalue weighted by atomic mass is 10.0. The maximum atomic E-state index is 12.5. The Morgan fingerprint density at radius 2 is 2.00 bits per heavy atom. The van der Waals surface area contributed by atoms with E-state index in [0.717, 1.165) is 31.5 Å². The van der Waals surface area contributed by atoms with E-state index in [4.69, 9.17) is 0 Å². The maximum absolute atomic E-state index is 12.5. The lowest BCUT2D eigenvalue weighted by Crippen LogP contribution is -2.49. The summed E-state index contributed by atoms with van der Waals surface area (Å²) in [4.78, 5) is 14.7. The van der Waals surface area contributed by atoms with E-state index in [1.807, 2.05) is 0 Å². The summed E-state index contributed by atoms with van der Waals surface area (Å²) >= 11 is 0. The molecule has 3 atom stereocenters. The molecule has 3 rings (SSSR count). The normalized spacial score (nSPS) is 39.8. The molecule has 3 heteroatoms. The highest BCUT2D eigenvalue weighted by Gasteiger charge is 2.57. The monoisotopic (exact) mass is 236 g/mol. The topological polar surface area (TPSA) is 32.3 Å². The van der Waals surface area contributed by atoms with Crippen LogP contribution in [0.25, 0.3) is 0 Å². The molecule has 0 spiro atoms. The molecule has 1 saturated heterocycles. The van der Waals surface area contributed by atoms with Crippen LogP contribution in [-0.2, 0) is 4.79 Å². The van der Waals surface area contributed by atoms with Crippen LogP contribution in [0.15, 0.2) is 0 Å². The predicted octanol–water partition coefficient (Wildman–Crippen LogP) is 1.63. The quantitative estimate of drug-likeness (QED) is 0.808. The molecule has 3 aliphatic rings. The van der Waals surface area contributed by atoms with Crippen LogP contribution in [0.1, 0.15) is 39.0 Å². The molecular formula is C14H24N2O. The first-order valence-corrected chi connectivity index (χ1v) is 7.34. The molecule has 3 fully saturated rings. The van der Waals surface area contributed by atoms with Crippen molar-refractivity contribution in [1.82, 2.24) is 10.2 Å². The molecule has 3 unspecified atom stereocenters. The standard InChI is InChI=1S/C14H24N2O/c1-2-16(10-5-4-8-15-9-10)14(17)13-11-6-3-7-12(11)13/h10-13,15H,2-9H2,1H3. The van der Waals surface area contributed by atoms with Gasteiger partial charge in [-0.15, -0.1) is 0 Å². The molecule has 17 heavy (non-hydrogen) atoms. The zero-order chi connectivity index (χ0) is 11.8. The van der Waals surface area contributed by atoms with Crippen molar-refractivity contribution in [1.29, 1.82) is 0 Å². The largest absolute Gasteiger partial charge is 0.338 e. The Kier molecular flexibility index (Phi) is 3.12. The second-order valence-electron chi connectivity index (χ2n) is 5.91. The van der Waals surface area contributed by atoms with Gasteiger partial charge < -0.3 is 10.2 Å². The molecule has 1 amide bonds. The molecule has 0 radical (unpaired) electrons. The molecule has 96 valence electrons. The van der Waals surface area contributed by atoms with Gasteiger partial charge in [-0.05, 0) is 51.0 Å². The highest BCUT2D eigenvalue weighted by Crippen LogP contribution is 2.58. The van der Waals surface area contributed by atoms with Crippen molar-refractivity contribution in [3.05, 3.63) is 0 Å². The fourth-order valence-electron chi connectivity index (χ4n) is 4.07. The van der Waals surface area contributed by atoms with Gasteiger partial charge in [0.05, 0.1) is 0 Å². The molecule has 1 aliphatic heterocycles. The molecule has 3 nitrogen and oxygen atoms in total. The number of hydrogen-bond donors (Lipinski definition) is 1. The molecule has 1 N–H and O–H groups in total. The average Bonchev–Trinajstić information content (AvgIpc) is 2.85. The van der Waals surface area contributed by atoms with Gasteiger partial charge in [0.15, 0.2) is 0 Å². The fourth-order valence-corrected chi connectivity index (χ4v) is 4.07. The molecule has 0 aromatic carbocycles. The number of nitrogens with one attached hydrogen (secondary N) is 1. The molecule has 2 saturated carbocycles. The van der Waals surface area contributed by atoms with Crippen molar-refractivity contribution in [3.8, 4) is 0 Å². The lowest BCUT2D eigenvalue weighted by molar-refractivity contribution is -0.135. The van der Waals surface area contributed by atoms with Gasteiger partial charge in [-0.1, -0.05) is 6.42 Å². The van der Waals surface area contributed by atoms with E-state index in [9.17, 15) is 4.79 Å². The predicted molar refractivity (Wildman–Crippen MR) is 67.6 cm³/mol. The number of rotatable bonds is 3. The molecule has 0 aromatic rings. The number of nitrogens with zero attached hydrogens (tertiary/aromatic N) is 1. The van der Waals surface area contributed by atoms with Gasteiger partial charge in [-0.2, -0.15) is 0 Å². The lowest BCUT2D eigenvalue weighted by Gasteiger charge is -2.34. The average molecular weight is 236 g/mol. The van der Waals surface area contributed by atoms with Crippen LogP contribution < -0.4 is 5.32 Å². The SMILES string of the molecule is CCN(C(=O)C1C2CCCC21)C1CCCNC1. The van der Waals surface area contributed by atoms with Crippen LogP contribution in [0.3, 0.4) is 0 Å². The zero-order valence-corrected chi connectivity index (χ0v) is 10.8. The number of likely N-dealkylation sites (N-methyl/N-ethyl adjacent to an activating group) is 1. The van der Waals surface area contributed by atoms with Crippen LogP contribution in [0, 0.1) is 17.8 Å². The molecule has 0 bridgehead atoms. The van der Waals surface area contributed by atoms with Crippen molar-refractivity contribution >= 4 is 5.91 Å². The van der Waals surface area contributed by atoms with Gasteiger partial charge in [-0.3, -0.25) is 4.79 Å². The third kappa shape index (κ3) is 1.99. The van der Waals surface area contributed by atoms with E-state index in [0.29, 0.717) is 17.9 Å². The molecular weight excluding hydrogens is 212 g/mol. The highest BCUT2D eigenvalue weighted by atomic mass is 16.2. The third-order valence-electron chi connectivity index (χ3n) is 5.03. The van der Waals surface area contributed by atoms with E-state index in [-0.39, 0.29) is 0 Å². The van der Waals surface area contributed by atoms with E-state index >= 15 is 0 Å². The van der Waals surface area contributed by atoms with Gasteiger partial charge in [0.25, 0.3) is 0 Å². The number of piperidine rings is 1. The summed E-state index contributed by atoms with van der Waals surface area (Å²) in [6.07, 6.45) is 6.37. The summed E-state index contributed by atoms with van der Waals surface area (Å²) in [6, 6.07) is 0.461. The summed E-state index contributed by atoms with van der Waals surface area (Å²) in [5.41, 5.74) is 0. The minimum atomic E-state index is 0.408. The first-order valence-electron chi connectivity index (χ1n) is 7.34. The molecule has 0 aromatic heterocycles. The van der Waals surface area contributed by atoms with E-state index in [1.54, 1.807) is 0 Å². The van der Waals surface area contributed by atoms with Crippen molar-refractivity contribution in [2.45, 2.75) is 45.1 Å². The van der Waals surface area contributed by atoms with Crippen molar-refractivity contribution in [3.63, 3.8) is 0 Å². The zero-order valence-electron chi connectivity index (χ0n) is 10.8. The van der Waals surface area contributed by atoms with Gasteiger partial charge in [0.1, 0.15) is 0 Å². The van der Waals surface area contributed by atoms with Crippen LogP contribution in [0.4, 0.5) is 0 Å². The number of carbonyl (C=O) groups excluding carboxylic acids is 1. The van der Waals surface area contributed by atoms with Crippen LogP contribution >= 0.6 is 0 Å². The summed E-state index contributed by atoms with van der Waals surface area (Å²) in [5.74, 6) is 2.39. The maximum Gasteiger partial charge on any atom is 0.226 e. The Balaban J connectivity index is 1.62. The van der Waals surface area contributed by atoms with E-state index in [1.165, 1.54) is 32.1 Å². The van der Waals surface area contributed by atoms with E-state index in [2.05, 4.69) is 17.1 Å². The number of hydrogen-bond acceptors (Lipinski definition) is 2. The smallest absolute Gasteiger partial charge is 0.226 e. The summed E-state index contributed by atoms with van der Waals surface area (Å²) in [6.45, 7) is 5.14. The van der Waals surface area contributed by atoms with Gasteiger partial charge in [0.2, 0.25) is 5.91 Å². The fraction of sp³-hybridized carbons (Fsp3) is 0.929. The highest BCUT2D eigenvalue weighted by molar-refractivity contribution is 5.83. The number of fused-ring (bicyclic) bond motifs is 1. The number of amides is 1. The Morgan fingerprint density at radius 1 is 1.24 bits per heavy atom. The van der Waals surface area contributed by atoms with Gasteiger partial charge in [-0.25, -0.2) is 0 Å². The van der Waals surface area contributed by atoms with Crippen LogP contribution in [0.2, 0.25) is 0 Å². The minimum Gasteiger partial charge on any atom is -0.338 e. The Morgan fingerprint density at radius 3 is 2.59 bits per heavy atom. The van der Waals surface area contributed by atoms with Crippen molar-refractivity contribution in [2.75, 3.05) is 19.6 Å². The molecule has 1 heterocycles. The number of carbonyl (C=O) groups is 1. The second-order valence-corrected chi connectivity index (χ2v) is 5.91. The third-order valence-corrected chi connectivity index (χ3v) is 5.03.